The Kier molecular flexibility index (Phi) is 5.59. The number of ether oxygens (including phenoxy) is 1. The molecule has 0 aromatic heterocycles. The highest BCUT2D eigenvalue weighted by Crippen LogP contribution is 2.15. The van der Waals surface area contributed by atoms with Crippen LogP contribution in [0, 0.1) is 5.92 Å². The summed E-state index contributed by atoms with van der Waals surface area (Å²) < 4.78 is 5.50. The minimum Gasteiger partial charge on any atom is -0.484 e. The van der Waals surface area contributed by atoms with E-state index in [9.17, 15) is 4.79 Å². The number of nitrogens with zero attached hydrogens (tertiary/aromatic N) is 1. The smallest absolute Gasteiger partial charge is 0.258 e. The van der Waals surface area contributed by atoms with Gasteiger partial charge in [0.05, 0.1) is 0 Å². The lowest BCUT2D eigenvalue weighted by Crippen LogP contribution is -2.49. The van der Waals surface area contributed by atoms with Crippen LogP contribution in [0.5, 0.6) is 5.75 Å². The van der Waals surface area contributed by atoms with Crippen molar-refractivity contribution < 1.29 is 9.53 Å². The van der Waals surface area contributed by atoms with Crippen LogP contribution in [0.2, 0.25) is 0 Å². The predicted molar refractivity (Wildman–Crippen MR) is 83.0 cm³/mol. The van der Waals surface area contributed by atoms with Crippen LogP contribution in [-0.4, -0.2) is 43.6 Å². The lowest BCUT2D eigenvalue weighted by atomic mass is 9.94. The van der Waals surface area contributed by atoms with Crippen molar-refractivity contribution in [3.8, 4) is 5.75 Å². The van der Waals surface area contributed by atoms with Gasteiger partial charge in [0.2, 0.25) is 0 Å². The number of amides is 1. The Labute approximate surface area is 126 Å². The Morgan fingerprint density at radius 3 is 2.76 bits per heavy atom. The van der Waals surface area contributed by atoms with E-state index in [1.54, 1.807) is 0 Å². The van der Waals surface area contributed by atoms with Crippen LogP contribution in [0.4, 0.5) is 0 Å². The lowest BCUT2D eigenvalue weighted by molar-refractivity contribution is -0.124. The van der Waals surface area contributed by atoms with Gasteiger partial charge >= 0.3 is 0 Å². The van der Waals surface area contributed by atoms with E-state index in [0.717, 1.165) is 25.1 Å². The van der Waals surface area contributed by atoms with Crippen molar-refractivity contribution in [1.29, 1.82) is 0 Å². The lowest BCUT2D eigenvalue weighted by Gasteiger charge is -2.35. The molecular formula is C16H25N3O2. The van der Waals surface area contributed by atoms with E-state index >= 15 is 0 Å². The maximum atomic E-state index is 12.0. The molecule has 2 unspecified atom stereocenters. The molecule has 2 rings (SSSR count). The largest absolute Gasteiger partial charge is 0.484 e. The predicted octanol–water partition coefficient (Wildman–Crippen LogP) is 0.981. The maximum absolute atomic E-state index is 12.0. The van der Waals surface area contributed by atoms with Gasteiger partial charge in [0, 0.05) is 19.1 Å². The van der Waals surface area contributed by atoms with Crippen molar-refractivity contribution in [2.45, 2.75) is 25.9 Å². The second-order valence-electron chi connectivity index (χ2n) is 5.84. The summed E-state index contributed by atoms with van der Waals surface area (Å²) in [6.07, 6.45) is 0.995. The van der Waals surface area contributed by atoms with Crippen LogP contribution in [0.1, 0.15) is 18.9 Å². The molecule has 0 saturated carbocycles. The van der Waals surface area contributed by atoms with Gasteiger partial charge in [-0.25, -0.2) is 0 Å². The topological polar surface area (TPSA) is 67.6 Å². The minimum absolute atomic E-state index is 0.0562. The Bertz CT molecular complexity index is 461. The average Bonchev–Trinajstić information content (AvgIpc) is 2.48. The van der Waals surface area contributed by atoms with Crippen LogP contribution in [0.3, 0.4) is 0 Å². The number of piperidine rings is 1. The van der Waals surface area contributed by atoms with Crippen molar-refractivity contribution in [3.63, 3.8) is 0 Å². The average molecular weight is 291 g/mol. The number of nitrogens with one attached hydrogen (secondary N) is 1. The second-order valence-corrected chi connectivity index (χ2v) is 5.84. The molecule has 2 atom stereocenters. The van der Waals surface area contributed by atoms with Gasteiger partial charge in [-0.3, -0.25) is 4.79 Å². The fourth-order valence-electron chi connectivity index (χ4n) is 2.69. The fourth-order valence-corrected chi connectivity index (χ4v) is 2.69. The van der Waals surface area contributed by atoms with Gasteiger partial charge in [-0.2, -0.15) is 0 Å². The molecule has 0 radical (unpaired) electrons. The summed E-state index contributed by atoms with van der Waals surface area (Å²) in [4.78, 5) is 14.3. The highest BCUT2D eigenvalue weighted by Gasteiger charge is 2.25. The zero-order chi connectivity index (χ0) is 15.2. The maximum Gasteiger partial charge on any atom is 0.258 e. The van der Waals surface area contributed by atoms with Gasteiger partial charge in [-0.15, -0.1) is 0 Å². The number of nitrogens with two attached hydrogens (primary N) is 1. The Morgan fingerprint density at radius 1 is 1.43 bits per heavy atom. The van der Waals surface area contributed by atoms with Crippen LogP contribution in [0.15, 0.2) is 24.3 Å². The summed E-state index contributed by atoms with van der Waals surface area (Å²) in [6, 6.07) is 7.75. The van der Waals surface area contributed by atoms with Gasteiger partial charge in [0.25, 0.3) is 5.91 Å². The summed E-state index contributed by atoms with van der Waals surface area (Å²) in [5, 5.41) is 3.07. The van der Waals surface area contributed by atoms with E-state index < -0.39 is 0 Å². The number of likely N-dealkylation sites (tertiary alicyclic amines) is 1. The minimum atomic E-state index is -0.0562. The first-order chi connectivity index (χ1) is 10.1. The first-order valence-electron chi connectivity index (χ1n) is 7.48. The van der Waals surface area contributed by atoms with Crippen LogP contribution >= 0.6 is 0 Å². The van der Waals surface area contributed by atoms with Crippen molar-refractivity contribution in [2.24, 2.45) is 11.7 Å². The van der Waals surface area contributed by atoms with Gasteiger partial charge in [0.1, 0.15) is 5.75 Å². The molecule has 1 aromatic carbocycles. The number of carbonyl (C=O) groups is 1. The number of hydrogen-bond donors (Lipinski definition) is 2. The third-order valence-electron chi connectivity index (χ3n) is 3.98. The first-order valence-corrected chi connectivity index (χ1v) is 7.48. The van der Waals surface area contributed by atoms with E-state index in [-0.39, 0.29) is 18.6 Å². The third kappa shape index (κ3) is 4.72. The molecule has 1 aromatic rings. The van der Waals surface area contributed by atoms with E-state index in [0.29, 0.717) is 18.2 Å². The Balaban J connectivity index is 1.76. The monoisotopic (exact) mass is 291 g/mol. The molecule has 3 N–H and O–H groups in total. The summed E-state index contributed by atoms with van der Waals surface area (Å²) in [7, 11) is 2.11. The van der Waals surface area contributed by atoms with Gasteiger partial charge in [-0.05, 0) is 43.6 Å². The molecule has 1 heterocycles. The van der Waals surface area contributed by atoms with Crippen LogP contribution in [0.25, 0.3) is 0 Å². The second kappa shape index (κ2) is 7.43. The van der Waals surface area contributed by atoms with E-state index in [2.05, 4.69) is 24.2 Å². The first kappa shape index (κ1) is 15.8. The van der Waals surface area contributed by atoms with Crippen molar-refractivity contribution in [1.82, 2.24) is 10.2 Å². The Hall–Kier alpha value is -1.59. The molecule has 0 spiro atoms. The molecule has 21 heavy (non-hydrogen) atoms. The molecule has 1 aliphatic rings. The molecule has 5 nitrogen and oxygen atoms in total. The molecule has 1 aliphatic heterocycles. The van der Waals surface area contributed by atoms with Gasteiger partial charge in [0.15, 0.2) is 6.61 Å². The normalized spacial score (nSPS) is 22.8. The van der Waals surface area contributed by atoms with Crippen molar-refractivity contribution in [3.05, 3.63) is 29.8 Å². The van der Waals surface area contributed by atoms with E-state index in [1.807, 2.05) is 24.3 Å². The number of benzene rings is 1. The summed E-state index contributed by atoms with van der Waals surface area (Å²) >= 11 is 0. The quantitative estimate of drug-likeness (QED) is 0.848. The highest BCUT2D eigenvalue weighted by molar-refractivity contribution is 5.77. The van der Waals surface area contributed by atoms with Crippen molar-refractivity contribution in [2.75, 3.05) is 26.7 Å². The molecule has 1 saturated heterocycles. The summed E-state index contributed by atoms with van der Waals surface area (Å²) in [5.74, 6) is 1.11. The molecule has 1 amide bonds. The number of hydrogen-bond acceptors (Lipinski definition) is 4. The number of carbonyl (C=O) groups excluding carboxylic acids is 1. The molecular weight excluding hydrogens is 266 g/mol. The third-order valence-corrected chi connectivity index (χ3v) is 3.98. The van der Waals surface area contributed by atoms with Gasteiger partial charge in [-0.1, -0.05) is 19.1 Å². The van der Waals surface area contributed by atoms with Crippen LogP contribution in [-0.2, 0) is 11.3 Å². The van der Waals surface area contributed by atoms with Crippen LogP contribution < -0.4 is 15.8 Å². The standard InChI is InChI=1S/C16H25N3O2/c1-12-10-19(2)8-7-15(12)18-16(20)11-21-14-5-3-13(9-17)4-6-14/h3-6,12,15H,7-11,17H2,1-2H3,(H,18,20). The Morgan fingerprint density at radius 2 is 2.14 bits per heavy atom. The number of rotatable bonds is 5. The zero-order valence-electron chi connectivity index (χ0n) is 12.8. The molecule has 0 bridgehead atoms. The van der Waals surface area contributed by atoms with Gasteiger partial charge < -0.3 is 20.7 Å². The molecule has 5 heteroatoms. The SMILES string of the molecule is CC1CN(C)CCC1NC(=O)COc1ccc(CN)cc1. The molecule has 1 fully saturated rings. The molecule has 116 valence electrons. The van der Waals surface area contributed by atoms with E-state index in [1.165, 1.54) is 0 Å². The summed E-state index contributed by atoms with van der Waals surface area (Å²) in [5.41, 5.74) is 6.59. The fraction of sp³-hybridized carbons (Fsp3) is 0.562. The zero-order valence-corrected chi connectivity index (χ0v) is 12.8. The van der Waals surface area contributed by atoms with E-state index in [4.69, 9.17) is 10.5 Å². The summed E-state index contributed by atoms with van der Waals surface area (Å²) in [6.45, 7) is 4.78. The molecule has 0 aliphatic carbocycles. The van der Waals surface area contributed by atoms with Crippen molar-refractivity contribution >= 4 is 5.91 Å². The highest BCUT2D eigenvalue weighted by atomic mass is 16.5.